The molecule has 2 aromatic carbocycles. The van der Waals surface area contributed by atoms with Crippen molar-refractivity contribution in [2.45, 2.75) is 32.6 Å². The number of fused-ring (bicyclic) bond motifs is 1. The van der Waals surface area contributed by atoms with Crippen molar-refractivity contribution >= 4 is 16.9 Å². The molecule has 0 aliphatic heterocycles. The number of aryl methyl sites for hydroxylation is 1. The summed E-state index contributed by atoms with van der Waals surface area (Å²) in [5, 5.41) is 3.51. The molecule has 0 spiro atoms. The monoisotopic (exact) mass is 378 g/mol. The van der Waals surface area contributed by atoms with Crippen LogP contribution < -0.4 is 16.5 Å². The Morgan fingerprint density at radius 3 is 2.50 bits per heavy atom. The van der Waals surface area contributed by atoms with Gasteiger partial charge in [-0.15, -0.1) is 0 Å². The van der Waals surface area contributed by atoms with Crippen molar-refractivity contribution in [1.82, 2.24) is 5.32 Å². The summed E-state index contributed by atoms with van der Waals surface area (Å²) in [4.78, 5) is 24.6. The molecule has 1 aromatic heterocycles. The summed E-state index contributed by atoms with van der Waals surface area (Å²) in [6.07, 6.45) is 4.14. The Morgan fingerprint density at radius 2 is 1.75 bits per heavy atom. The lowest BCUT2D eigenvalue weighted by atomic mass is 10.1. The molecule has 5 nitrogen and oxygen atoms in total. The van der Waals surface area contributed by atoms with Gasteiger partial charge in [-0.05, 0) is 50.6 Å². The van der Waals surface area contributed by atoms with Crippen molar-refractivity contribution in [2.24, 2.45) is 5.73 Å². The molecular formula is C23H26N2O3. The van der Waals surface area contributed by atoms with Gasteiger partial charge in [0.2, 0.25) is 0 Å². The summed E-state index contributed by atoms with van der Waals surface area (Å²) in [5.74, 6) is 0.397. The van der Waals surface area contributed by atoms with Gasteiger partial charge in [0, 0.05) is 23.7 Å². The van der Waals surface area contributed by atoms with Gasteiger partial charge in [0.25, 0.3) is 5.91 Å². The summed E-state index contributed by atoms with van der Waals surface area (Å²) in [7, 11) is 0. The number of carbonyl (C=O) groups excluding carboxylic acids is 1. The normalized spacial score (nSPS) is 10.9. The summed E-state index contributed by atoms with van der Waals surface area (Å²) in [5.41, 5.74) is 8.32. The fourth-order valence-corrected chi connectivity index (χ4v) is 3.13. The van der Waals surface area contributed by atoms with Crippen LogP contribution in [0.15, 0.2) is 57.7 Å². The topological polar surface area (TPSA) is 85.3 Å². The summed E-state index contributed by atoms with van der Waals surface area (Å²) < 4.78 is 5.89. The van der Waals surface area contributed by atoms with Crippen LogP contribution in [0.2, 0.25) is 0 Å². The SMILES string of the molecule is Cc1ccc2oc(-c3ccc(C(=O)NCCCCCCN)cc3)cc(=O)c2c1. The van der Waals surface area contributed by atoms with Gasteiger partial charge in [0.05, 0.1) is 5.39 Å². The van der Waals surface area contributed by atoms with Gasteiger partial charge in [0.15, 0.2) is 5.43 Å². The molecule has 146 valence electrons. The van der Waals surface area contributed by atoms with E-state index in [1.54, 1.807) is 24.3 Å². The Hall–Kier alpha value is -2.92. The van der Waals surface area contributed by atoms with E-state index in [4.69, 9.17) is 10.2 Å². The average Bonchev–Trinajstić information content (AvgIpc) is 2.71. The Morgan fingerprint density at radius 1 is 1.00 bits per heavy atom. The van der Waals surface area contributed by atoms with Gasteiger partial charge in [-0.2, -0.15) is 0 Å². The summed E-state index contributed by atoms with van der Waals surface area (Å²) in [6, 6.07) is 14.1. The van der Waals surface area contributed by atoms with Crippen molar-refractivity contribution in [3.05, 3.63) is 69.9 Å². The van der Waals surface area contributed by atoms with Gasteiger partial charge >= 0.3 is 0 Å². The second-order valence-corrected chi connectivity index (χ2v) is 7.01. The van der Waals surface area contributed by atoms with E-state index in [1.807, 2.05) is 25.1 Å². The number of hydrogen-bond acceptors (Lipinski definition) is 4. The summed E-state index contributed by atoms with van der Waals surface area (Å²) in [6.45, 7) is 3.32. The zero-order valence-electron chi connectivity index (χ0n) is 16.2. The summed E-state index contributed by atoms with van der Waals surface area (Å²) >= 11 is 0. The van der Waals surface area contributed by atoms with E-state index in [0.29, 0.717) is 28.8 Å². The average molecular weight is 378 g/mol. The van der Waals surface area contributed by atoms with Crippen LogP contribution in [0.5, 0.6) is 0 Å². The maximum absolute atomic E-state index is 12.4. The lowest BCUT2D eigenvalue weighted by Gasteiger charge is -2.07. The molecule has 0 saturated heterocycles. The molecule has 28 heavy (non-hydrogen) atoms. The molecule has 0 atom stereocenters. The van der Waals surface area contributed by atoms with Crippen LogP contribution in [0.1, 0.15) is 41.6 Å². The van der Waals surface area contributed by atoms with Crippen molar-refractivity contribution in [3.63, 3.8) is 0 Å². The molecule has 0 aliphatic carbocycles. The maximum Gasteiger partial charge on any atom is 0.251 e. The second-order valence-electron chi connectivity index (χ2n) is 7.01. The molecule has 1 heterocycles. The molecule has 0 radical (unpaired) electrons. The van der Waals surface area contributed by atoms with Gasteiger partial charge in [0.1, 0.15) is 11.3 Å². The number of amides is 1. The number of hydrogen-bond donors (Lipinski definition) is 2. The van der Waals surface area contributed by atoms with Crippen LogP contribution in [-0.4, -0.2) is 19.0 Å². The molecule has 3 aromatic rings. The first-order valence-electron chi connectivity index (χ1n) is 9.72. The van der Waals surface area contributed by atoms with E-state index >= 15 is 0 Å². The smallest absolute Gasteiger partial charge is 0.251 e. The van der Waals surface area contributed by atoms with E-state index < -0.39 is 0 Å². The van der Waals surface area contributed by atoms with E-state index in [1.165, 1.54) is 6.07 Å². The fourth-order valence-electron chi connectivity index (χ4n) is 3.13. The van der Waals surface area contributed by atoms with Gasteiger partial charge in [-0.1, -0.05) is 36.6 Å². The molecule has 3 rings (SSSR count). The molecule has 0 unspecified atom stereocenters. The van der Waals surface area contributed by atoms with Crippen LogP contribution in [0.4, 0.5) is 0 Å². The van der Waals surface area contributed by atoms with E-state index in [0.717, 1.165) is 43.4 Å². The number of unbranched alkanes of at least 4 members (excludes halogenated alkanes) is 3. The van der Waals surface area contributed by atoms with Crippen LogP contribution >= 0.6 is 0 Å². The van der Waals surface area contributed by atoms with Crippen LogP contribution in [0.25, 0.3) is 22.3 Å². The third kappa shape index (κ3) is 4.87. The highest BCUT2D eigenvalue weighted by atomic mass is 16.3. The van der Waals surface area contributed by atoms with Gasteiger partial charge < -0.3 is 15.5 Å². The van der Waals surface area contributed by atoms with E-state index in [9.17, 15) is 9.59 Å². The Kier molecular flexibility index (Phi) is 6.61. The standard InChI is InChI=1S/C23H26N2O3/c1-16-6-11-21-19(14-16)20(26)15-22(28-21)17-7-9-18(10-8-17)23(27)25-13-5-3-2-4-12-24/h6-11,14-15H,2-5,12-13,24H2,1H3,(H,25,27). The fraction of sp³-hybridized carbons (Fsp3) is 0.304. The van der Waals surface area contributed by atoms with Gasteiger partial charge in [-0.3, -0.25) is 9.59 Å². The Balaban J connectivity index is 1.67. The number of nitrogens with one attached hydrogen (secondary N) is 1. The molecule has 3 N–H and O–H groups in total. The lowest BCUT2D eigenvalue weighted by Crippen LogP contribution is -2.24. The molecule has 1 amide bonds. The zero-order valence-corrected chi connectivity index (χ0v) is 16.2. The Labute approximate surface area is 164 Å². The first-order chi connectivity index (χ1) is 13.6. The minimum absolute atomic E-state index is 0.0728. The Bertz CT molecular complexity index is 1010. The third-order valence-electron chi connectivity index (χ3n) is 4.73. The molecule has 0 saturated carbocycles. The van der Waals surface area contributed by atoms with Crippen molar-refractivity contribution in [1.29, 1.82) is 0 Å². The minimum Gasteiger partial charge on any atom is -0.456 e. The highest BCUT2D eigenvalue weighted by Crippen LogP contribution is 2.23. The lowest BCUT2D eigenvalue weighted by molar-refractivity contribution is 0.0953. The minimum atomic E-state index is -0.0965. The van der Waals surface area contributed by atoms with E-state index in [2.05, 4.69) is 5.32 Å². The molecule has 0 fully saturated rings. The first kappa shape index (κ1) is 19.8. The number of carbonyl (C=O) groups is 1. The molecule has 5 heteroatoms. The quantitative estimate of drug-likeness (QED) is 0.580. The molecule has 0 bridgehead atoms. The van der Waals surface area contributed by atoms with Crippen molar-refractivity contribution < 1.29 is 9.21 Å². The predicted molar refractivity (Wildman–Crippen MR) is 113 cm³/mol. The van der Waals surface area contributed by atoms with Crippen LogP contribution in [0, 0.1) is 6.92 Å². The van der Waals surface area contributed by atoms with Crippen molar-refractivity contribution in [2.75, 3.05) is 13.1 Å². The zero-order chi connectivity index (χ0) is 19.9. The number of benzene rings is 2. The molecular weight excluding hydrogens is 352 g/mol. The first-order valence-corrected chi connectivity index (χ1v) is 9.72. The second kappa shape index (κ2) is 9.33. The van der Waals surface area contributed by atoms with Crippen LogP contribution in [0.3, 0.4) is 0 Å². The highest BCUT2D eigenvalue weighted by Gasteiger charge is 2.09. The third-order valence-corrected chi connectivity index (χ3v) is 4.73. The van der Waals surface area contributed by atoms with Gasteiger partial charge in [-0.25, -0.2) is 0 Å². The largest absolute Gasteiger partial charge is 0.456 e. The number of rotatable bonds is 8. The van der Waals surface area contributed by atoms with Crippen LogP contribution in [-0.2, 0) is 0 Å². The molecule has 0 aliphatic rings. The van der Waals surface area contributed by atoms with Crippen molar-refractivity contribution in [3.8, 4) is 11.3 Å². The number of nitrogens with two attached hydrogens (primary N) is 1. The van der Waals surface area contributed by atoms with E-state index in [-0.39, 0.29) is 11.3 Å². The highest BCUT2D eigenvalue weighted by molar-refractivity contribution is 5.94. The maximum atomic E-state index is 12.4. The predicted octanol–water partition coefficient (Wildman–Crippen LogP) is 4.02.